The van der Waals surface area contributed by atoms with Crippen molar-refractivity contribution in [2.24, 2.45) is 16.2 Å². The Morgan fingerprint density at radius 2 is 1.63 bits per heavy atom. The number of amides is 6. The van der Waals surface area contributed by atoms with Gasteiger partial charge in [-0.25, -0.2) is 24.5 Å². The van der Waals surface area contributed by atoms with E-state index < -0.39 is 33.5 Å². The van der Waals surface area contributed by atoms with Crippen molar-refractivity contribution in [2.45, 2.75) is 117 Å². The van der Waals surface area contributed by atoms with Crippen LogP contribution in [0.2, 0.25) is 0 Å². The van der Waals surface area contributed by atoms with Crippen LogP contribution >= 0.6 is 11.3 Å². The number of imide groups is 1. The third-order valence-electron chi connectivity index (χ3n) is 18.1. The van der Waals surface area contributed by atoms with E-state index in [1.165, 1.54) is 33.3 Å². The summed E-state index contributed by atoms with van der Waals surface area (Å²) in [5.41, 5.74) is 5.03. The number of rotatable bonds is 27. The molecule has 24 nitrogen and oxygen atoms in total. The van der Waals surface area contributed by atoms with Gasteiger partial charge in [0.05, 0.1) is 24.2 Å². The number of anilines is 3. The van der Waals surface area contributed by atoms with Gasteiger partial charge in [0.25, 0.3) is 27.8 Å². The predicted octanol–water partition coefficient (Wildman–Crippen LogP) is 8.88. The van der Waals surface area contributed by atoms with Gasteiger partial charge in [0.15, 0.2) is 10.8 Å². The molecule has 2 unspecified atom stereocenters. The summed E-state index contributed by atoms with van der Waals surface area (Å²) in [5, 5.41) is 24.6. The van der Waals surface area contributed by atoms with E-state index in [9.17, 15) is 51.6 Å². The van der Waals surface area contributed by atoms with Crippen molar-refractivity contribution in [1.29, 1.82) is 0 Å². The average molecular weight is 1290 g/mol. The van der Waals surface area contributed by atoms with Crippen LogP contribution in [0.5, 0.6) is 0 Å². The molecule has 6 aliphatic rings. The standard InChI is InChI=1S/C66H75N11O13S2/c1-43-49(47-18-19-52(72-57(47)60(83)84)75-27-23-45-13-8-15-48(50(45)35-75)58(82)73-61-71-51-16-9-24-68-59(51)91-61)34-69-77(43)42-65-37-63(2)36-64(3,38-65)40-66(39-63,41-65)90-31-28-74(29-32-92(86,87)88)62(85)89-30-10-12-44-11-7-14-46(33-44)70-54(79)22-25-67-53(78)17-5-4-6-26-76-55(80)20-21-56(76)81/h7-16,18-21,24,33-34H,4-6,17,22-23,25-32,35-42H2,1-3H3,(H,67,78)(H,70,79)(H,83,84)(H,71,73,82)(H,86,87,88)/b12-10+. The second-order valence-electron chi connectivity index (χ2n) is 25.8. The molecule has 6 amide bonds. The number of unbranched alkanes of at least 4 members (excludes halogenated alkanes) is 2. The molecular weight excluding hydrogens is 1220 g/mol. The van der Waals surface area contributed by atoms with Gasteiger partial charge in [-0.3, -0.25) is 43.4 Å². The van der Waals surface area contributed by atoms with Gasteiger partial charge >= 0.3 is 12.1 Å². The highest BCUT2D eigenvalue weighted by molar-refractivity contribution is 7.85. The number of fused-ring (bicyclic) bond motifs is 2. The molecule has 4 aromatic heterocycles. The van der Waals surface area contributed by atoms with E-state index in [2.05, 4.69) is 39.8 Å². The first-order valence-electron chi connectivity index (χ1n) is 31.0. The van der Waals surface area contributed by atoms with Crippen LogP contribution in [-0.4, -0.2) is 151 Å². The van der Waals surface area contributed by atoms with Crippen molar-refractivity contribution in [3.8, 4) is 11.1 Å². The van der Waals surface area contributed by atoms with E-state index in [0.29, 0.717) is 103 Å². The average Bonchev–Trinajstić information content (AvgIpc) is 0.728. The largest absolute Gasteiger partial charge is 0.476 e. The normalized spacial score (nSPS) is 21.5. The third-order valence-corrected chi connectivity index (χ3v) is 19.7. The van der Waals surface area contributed by atoms with Crippen molar-refractivity contribution in [2.75, 3.05) is 67.2 Å². The molecule has 4 saturated carbocycles. The summed E-state index contributed by atoms with van der Waals surface area (Å²) in [6.45, 7) is 8.01. The summed E-state index contributed by atoms with van der Waals surface area (Å²) in [5.74, 6) is -2.90. The Kier molecular flexibility index (Phi) is 18.9. The molecule has 12 rings (SSSR count). The van der Waals surface area contributed by atoms with Crippen molar-refractivity contribution in [1.82, 2.24) is 39.8 Å². The number of pyridine rings is 2. The lowest BCUT2D eigenvalue weighted by Crippen LogP contribution is -2.64. The molecule has 4 bridgehead atoms. The number of ether oxygens (including phenoxy) is 2. The van der Waals surface area contributed by atoms with Crippen molar-refractivity contribution in [3.05, 3.63) is 131 Å². The molecule has 2 aliphatic heterocycles. The van der Waals surface area contributed by atoms with Crippen LogP contribution in [0.4, 0.5) is 21.4 Å². The molecule has 2 atom stereocenters. The molecule has 26 heteroatoms. The van der Waals surface area contributed by atoms with Crippen molar-refractivity contribution >= 4 is 96.1 Å². The quantitative estimate of drug-likeness (QED) is 0.0183. The van der Waals surface area contributed by atoms with Gasteiger partial charge in [0.2, 0.25) is 11.8 Å². The number of carboxylic acid groups (broad SMARTS) is 1. The highest BCUT2D eigenvalue weighted by Gasteiger charge is 2.66. The van der Waals surface area contributed by atoms with E-state index in [-0.39, 0.29) is 97.2 Å². The van der Waals surface area contributed by atoms with Crippen molar-refractivity contribution in [3.63, 3.8) is 0 Å². The lowest BCUT2D eigenvalue weighted by Gasteiger charge is -2.69. The number of aromatic carboxylic acids is 1. The smallest absolute Gasteiger partial charge is 0.410 e. The zero-order valence-electron chi connectivity index (χ0n) is 51.7. The SMILES string of the molecule is Cc1c(-c2ccc(N3CCc4cccc(C(=O)Nc5nc6cccnc6s5)c4C3)nc2C(=O)O)cnn1CC12CC3(C)CC(C)(C1)CC(OCCN(CCS(=O)(=O)O)C(=O)OC/C=C/c1cccc(NC(=O)CCNC(=O)CCCCCN4C(=O)C=CC4=O)c1)(C3)C2. The van der Waals surface area contributed by atoms with Crippen molar-refractivity contribution < 1.29 is 61.1 Å². The fourth-order valence-corrected chi connectivity index (χ4v) is 16.6. The first kappa shape index (κ1) is 64.8. The third kappa shape index (κ3) is 15.3. The maximum Gasteiger partial charge on any atom is 0.410 e. The minimum Gasteiger partial charge on any atom is -0.476 e. The number of nitrogens with one attached hydrogen (secondary N) is 3. The van der Waals surface area contributed by atoms with Crippen LogP contribution in [0.1, 0.15) is 128 Å². The molecular formula is C66H75N11O13S2. The second kappa shape index (κ2) is 26.9. The van der Waals surface area contributed by atoms with Crippen LogP contribution in [-0.2, 0) is 58.3 Å². The molecule has 0 saturated heterocycles. The van der Waals surface area contributed by atoms with Gasteiger partial charge in [0.1, 0.15) is 22.8 Å². The van der Waals surface area contributed by atoms with Gasteiger partial charge in [-0.1, -0.05) is 61.9 Å². The molecule has 2 aromatic carbocycles. The molecule has 5 N–H and O–H groups in total. The number of nitrogens with zero attached hydrogens (tertiary/aromatic N) is 8. The minimum atomic E-state index is -4.45. The Hall–Kier alpha value is -8.72. The summed E-state index contributed by atoms with van der Waals surface area (Å²) >= 11 is 1.29. The number of benzene rings is 2. The maximum absolute atomic E-state index is 13.8. The predicted molar refractivity (Wildman–Crippen MR) is 344 cm³/mol. The molecule has 0 spiro atoms. The number of carbonyl (C=O) groups excluding carboxylic acids is 6. The summed E-state index contributed by atoms with van der Waals surface area (Å²) in [4.78, 5) is 108. The summed E-state index contributed by atoms with van der Waals surface area (Å²) < 4.78 is 48.2. The first-order chi connectivity index (χ1) is 43.9. The first-order valence-corrected chi connectivity index (χ1v) is 33.4. The highest BCUT2D eigenvalue weighted by atomic mass is 32.2. The number of aromatic nitrogens is 5. The lowest BCUT2D eigenvalue weighted by atomic mass is 9.39. The Morgan fingerprint density at radius 3 is 2.39 bits per heavy atom. The van der Waals surface area contributed by atoms with Crippen LogP contribution < -0.4 is 20.9 Å². The monoisotopic (exact) mass is 1290 g/mol. The number of thiazole rings is 1. The number of hydrogen-bond donors (Lipinski definition) is 5. The fourth-order valence-electron chi connectivity index (χ4n) is 15.3. The summed E-state index contributed by atoms with van der Waals surface area (Å²) in [6, 6.07) is 19.9. The zero-order valence-corrected chi connectivity index (χ0v) is 53.3. The Morgan fingerprint density at radius 1 is 0.848 bits per heavy atom. The highest BCUT2D eigenvalue weighted by Crippen LogP contribution is 2.72. The second-order valence-corrected chi connectivity index (χ2v) is 28.3. The van der Waals surface area contributed by atoms with Gasteiger partial charge < -0.3 is 35.0 Å². The maximum atomic E-state index is 13.8. The molecule has 92 heavy (non-hydrogen) atoms. The van der Waals surface area contributed by atoms with E-state index in [0.717, 1.165) is 53.8 Å². The number of carbonyl (C=O) groups is 7. The fraction of sp³-hybridized carbons (Fsp3) is 0.439. The van der Waals surface area contributed by atoms with Crippen LogP contribution in [0.15, 0.2) is 97.4 Å². The topological polar surface area (TPSA) is 315 Å². The summed E-state index contributed by atoms with van der Waals surface area (Å²) in [6.07, 6.45) is 16.3. The van der Waals surface area contributed by atoms with E-state index >= 15 is 0 Å². The Labute approximate surface area is 536 Å². The molecule has 6 heterocycles. The van der Waals surface area contributed by atoms with E-state index in [1.807, 2.05) is 40.8 Å². The minimum absolute atomic E-state index is 0.00928. The van der Waals surface area contributed by atoms with E-state index in [4.69, 9.17) is 19.6 Å². The van der Waals surface area contributed by atoms with Gasteiger partial charge in [0, 0.05) is 105 Å². The van der Waals surface area contributed by atoms with Gasteiger partial charge in [-0.2, -0.15) is 13.5 Å². The molecule has 4 aliphatic carbocycles. The number of hydrogen-bond acceptors (Lipinski definition) is 17. The summed E-state index contributed by atoms with van der Waals surface area (Å²) in [7, 11) is -4.45. The van der Waals surface area contributed by atoms with Gasteiger partial charge in [-0.05, 0) is 146 Å². The molecule has 6 aromatic rings. The number of carboxylic acids is 1. The Bertz CT molecular complexity index is 3980. The molecule has 484 valence electrons. The van der Waals surface area contributed by atoms with Crippen LogP contribution in [0.25, 0.3) is 27.6 Å². The van der Waals surface area contributed by atoms with Crippen LogP contribution in [0.3, 0.4) is 0 Å². The zero-order chi connectivity index (χ0) is 65.0. The van der Waals surface area contributed by atoms with Gasteiger partial charge in [-0.15, -0.1) is 0 Å². The molecule has 0 radical (unpaired) electrons. The molecule has 4 fully saturated rings. The Balaban J connectivity index is 0.681. The lowest BCUT2D eigenvalue weighted by molar-refractivity contribution is -0.248. The van der Waals surface area contributed by atoms with Crippen LogP contribution in [0, 0.1) is 23.2 Å². The van der Waals surface area contributed by atoms with E-state index in [1.54, 1.807) is 67.0 Å².